The Morgan fingerprint density at radius 1 is 1.04 bits per heavy atom. The molecular weight excluding hydrogens is 323 g/mol. The highest BCUT2D eigenvalue weighted by molar-refractivity contribution is 5.94. The molecular formula is C16H14F3N3O2. The molecule has 0 saturated carbocycles. The number of halogens is 3. The van der Waals surface area contributed by atoms with Crippen molar-refractivity contribution in [3.8, 4) is 0 Å². The van der Waals surface area contributed by atoms with E-state index in [9.17, 15) is 22.8 Å². The number of anilines is 1. The van der Waals surface area contributed by atoms with Crippen molar-refractivity contribution in [3.05, 3.63) is 65.2 Å². The monoisotopic (exact) mass is 337 g/mol. The van der Waals surface area contributed by atoms with Gasteiger partial charge in [-0.15, -0.1) is 0 Å². The van der Waals surface area contributed by atoms with Crippen LogP contribution in [0.15, 0.2) is 48.5 Å². The molecule has 0 atom stereocenters. The van der Waals surface area contributed by atoms with Crippen molar-refractivity contribution in [1.29, 1.82) is 0 Å². The minimum absolute atomic E-state index is 0.0724. The highest BCUT2D eigenvalue weighted by Crippen LogP contribution is 2.29. The zero-order valence-corrected chi connectivity index (χ0v) is 12.4. The van der Waals surface area contributed by atoms with Gasteiger partial charge in [0.05, 0.1) is 5.56 Å². The van der Waals surface area contributed by atoms with Crippen molar-refractivity contribution in [2.45, 2.75) is 12.7 Å². The van der Waals surface area contributed by atoms with Gasteiger partial charge in [-0.1, -0.05) is 18.2 Å². The summed E-state index contributed by atoms with van der Waals surface area (Å²) < 4.78 is 37.9. The lowest BCUT2D eigenvalue weighted by Gasteiger charge is -2.10. The van der Waals surface area contributed by atoms with E-state index >= 15 is 0 Å². The Morgan fingerprint density at radius 3 is 2.29 bits per heavy atom. The minimum atomic E-state index is -4.50. The average Bonchev–Trinajstić information content (AvgIpc) is 2.53. The third kappa shape index (κ3) is 4.73. The summed E-state index contributed by atoms with van der Waals surface area (Å²) >= 11 is 0. The van der Waals surface area contributed by atoms with Crippen molar-refractivity contribution >= 4 is 17.6 Å². The third-order valence-electron chi connectivity index (χ3n) is 3.13. The molecule has 0 spiro atoms. The van der Waals surface area contributed by atoms with E-state index in [1.807, 2.05) is 0 Å². The summed E-state index contributed by atoms with van der Waals surface area (Å²) in [4.78, 5) is 22.7. The van der Waals surface area contributed by atoms with E-state index in [2.05, 4.69) is 10.6 Å². The summed E-state index contributed by atoms with van der Waals surface area (Å²) in [5.41, 5.74) is 5.24. The van der Waals surface area contributed by atoms with Crippen molar-refractivity contribution in [1.82, 2.24) is 5.32 Å². The minimum Gasteiger partial charge on any atom is -0.351 e. The number of hydrogen-bond donors (Lipinski definition) is 3. The van der Waals surface area contributed by atoms with Crippen LogP contribution in [0.2, 0.25) is 0 Å². The summed E-state index contributed by atoms with van der Waals surface area (Å²) in [6.45, 7) is 0.131. The normalized spacial score (nSPS) is 11.0. The number of carbonyl (C=O) groups is 2. The Labute approximate surface area is 135 Å². The number of rotatable bonds is 4. The fourth-order valence-corrected chi connectivity index (χ4v) is 1.97. The highest BCUT2D eigenvalue weighted by atomic mass is 19.4. The Hall–Kier alpha value is -3.03. The zero-order chi connectivity index (χ0) is 17.7. The van der Waals surface area contributed by atoms with Gasteiger partial charge < -0.3 is 16.4 Å². The van der Waals surface area contributed by atoms with Crippen molar-refractivity contribution in [2.24, 2.45) is 5.73 Å². The highest BCUT2D eigenvalue weighted by Gasteiger charge is 2.30. The van der Waals surface area contributed by atoms with Gasteiger partial charge in [-0.25, -0.2) is 4.79 Å². The molecule has 2 rings (SSSR count). The molecule has 0 unspecified atom stereocenters. The maximum atomic E-state index is 12.6. The van der Waals surface area contributed by atoms with E-state index in [0.29, 0.717) is 11.3 Å². The third-order valence-corrected chi connectivity index (χ3v) is 3.13. The summed E-state index contributed by atoms with van der Waals surface area (Å²) in [5, 5.41) is 4.92. The van der Waals surface area contributed by atoms with Crippen LogP contribution in [-0.2, 0) is 12.7 Å². The molecule has 0 radical (unpaired) electrons. The second-order valence-electron chi connectivity index (χ2n) is 4.95. The molecule has 8 heteroatoms. The Balaban J connectivity index is 1.99. The molecule has 0 saturated heterocycles. The number of nitrogens with one attached hydrogen (secondary N) is 2. The maximum Gasteiger partial charge on any atom is 0.416 e. The van der Waals surface area contributed by atoms with E-state index < -0.39 is 23.7 Å². The van der Waals surface area contributed by atoms with Gasteiger partial charge in [-0.05, 0) is 35.9 Å². The SMILES string of the molecule is NC(=O)Nc1ccc(CNC(=O)c2cccc(C(F)(F)F)c2)cc1. The van der Waals surface area contributed by atoms with Crippen LogP contribution in [0.5, 0.6) is 0 Å². The number of benzene rings is 2. The molecule has 5 nitrogen and oxygen atoms in total. The lowest BCUT2D eigenvalue weighted by molar-refractivity contribution is -0.137. The van der Waals surface area contributed by atoms with Crippen LogP contribution in [-0.4, -0.2) is 11.9 Å². The molecule has 0 aliphatic rings. The van der Waals surface area contributed by atoms with Crippen molar-refractivity contribution in [2.75, 3.05) is 5.32 Å². The van der Waals surface area contributed by atoms with Gasteiger partial charge in [0, 0.05) is 17.8 Å². The number of primary amides is 1. The Morgan fingerprint density at radius 2 is 1.71 bits per heavy atom. The molecule has 2 aromatic rings. The van der Waals surface area contributed by atoms with Gasteiger partial charge in [0.2, 0.25) is 0 Å². The molecule has 0 aliphatic heterocycles. The van der Waals surface area contributed by atoms with Gasteiger partial charge in [0.15, 0.2) is 0 Å². The van der Waals surface area contributed by atoms with E-state index in [0.717, 1.165) is 12.1 Å². The first kappa shape index (κ1) is 17.3. The van der Waals surface area contributed by atoms with E-state index in [1.165, 1.54) is 12.1 Å². The van der Waals surface area contributed by atoms with Crippen molar-refractivity contribution < 1.29 is 22.8 Å². The largest absolute Gasteiger partial charge is 0.416 e. The average molecular weight is 337 g/mol. The van der Waals surface area contributed by atoms with Crippen LogP contribution >= 0.6 is 0 Å². The predicted molar refractivity (Wildman–Crippen MR) is 82.3 cm³/mol. The Kier molecular flexibility index (Phi) is 5.08. The molecule has 0 aromatic heterocycles. The molecule has 0 heterocycles. The first-order valence-corrected chi connectivity index (χ1v) is 6.86. The van der Waals surface area contributed by atoms with Crippen LogP contribution in [0.4, 0.5) is 23.7 Å². The molecule has 24 heavy (non-hydrogen) atoms. The van der Waals surface area contributed by atoms with E-state index in [4.69, 9.17) is 5.73 Å². The predicted octanol–water partition coefficient (Wildman–Crippen LogP) is 3.13. The van der Waals surface area contributed by atoms with Gasteiger partial charge in [0.1, 0.15) is 0 Å². The summed E-state index contributed by atoms with van der Waals surface area (Å²) in [6.07, 6.45) is -4.50. The first-order valence-electron chi connectivity index (χ1n) is 6.86. The first-order chi connectivity index (χ1) is 11.3. The summed E-state index contributed by atoms with van der Waals surface area (Å²) in [5.74, 6) is -0.611. The number of hydrogen-bond acceptors (Lipinski definition) is 2. The molecule has 0 aliphatic carbocycles. The number of amides is 3. The summed E-state index contributed by atoms with van der Waals surface area (Å²) in [7, 11) is 0. The standard InChI is InChI=1S/C16H14F3N3O2/c17-16(18,19)12-3-1-2-11(8-12)14(23)21-9-10-4-6-13(7-5-10)22-15(20)24/h1-8H,9H2,(H,21,23)(H3,20,22,24). The van der Waals surface area contributed by atoms with Gasteiger partial charge >= 0.3 is 12.2 Å². The second kappa shape index (κ2) is 7.03. The number of nitrogens with two attached hydrogens (primary N) is 1. The fourth-order valence-electron chi connectivity index (χ4n) is 1.97. The molecule has 3 amide bonds. The zero-order valence-electron chi connectivity index (χ0n) is 12.4. The van der Waals surface area contributed by atoms with Gasteiger partial charge in [-0.2, -0.15) is 13.2 Å². The van der Waals surface area contributed by atoms with E-state index in [1.54, 1.807) is 24.3 Å². The summed E-state index contributed by atoms with van der Waals surface area (Å²) in [6, 6.07) is 9.99. The molecule has 2 aromatic carbocycles. The molecule has 126 valence electrons. The topological polar surface area (TPSA) is 84.2 Å². The van der Waals surface area contributed by atoms with Gasteiger partial charge in [-0.3, -0.25) is 4.79 Å². The maximum absolute atomic E-state index is 12.6. The van der Waals surface area contributed by atoms with Crippen LogP contribution in [0.25, 0.3) is 0 Å². The molecule has 4 N–H and O–H groups in total. The molecule has 0 fully saturated rings. The lowest BCUT2D eigenvalue weighted by Crippen LogP contribution is -2.23. The quantitative estimate of drug-likeness (QED) is 0.801. The smallest absolute Gasteiger partial charge is 0.351 e. The molecule has 0 bridgehead atoms. The number of carbonyl (C=O) groups excluding carboxylic acids is 2. The van der Waals surface area contributed by atoms with Crippen LogP contribution in [0, 0.1) is 0 Å². The van der Waals surface area contributed by atoms with Crippen LogP contribution < -0.4 is 16.4 Å². The number of alkyl halides is 3. The number of urea groups is 1. The van der Waals surface area contributed by atoms with Crippen LogP contribution in [0.3, 0.4) is 0 Å². The second-order valence-corrected chi connectivity index (χ2v) is 4.95. The van der Waals surface area contributed by atoms with Gasteiger partial charge in [0.25, 0.3) is 5.91 Å². The van der Waals surface area contributed by atoms with Crippen LogP contribution in [0.1, 0.15) is 21.5 Å². The Bertz CT molecular complexity index is 743. The lowest BCUT2D eigenvalue weighted by atomic mass is 10.1. The fraction of sp³-hybridized carbons (Fsp3) is 0.125. The van der Waals surface area contributed by atoms with Crippen molar-refractivity contribution in [3.63, 3.8) is 0 Å². The van der Waals surface area contributed by atoms with E-state index in [-0.39, 0.29) is 12.1 Å².